The highest BCUT2D eigenvalue weighted by Gasteiger charge is 2.09. The molecule has 120 valence electrons. The quantitative estimate of drug-likeness (QED) is 0.330. The predicted molar refractivity (Wildman–Crippen MR) is 101 cm³/mol. The van der Waals surface area contributed by atoms with Gasteiger partial charge in [0, 0.05) is 19.3 Å². The number of pyridine rings is 1. The molecule has 5 heteroatoms. The van der Waals surface area contributed by atoms with E-state index in [0.29, 0.717) is 12.0 Å². The Morgan fingerprint density at radius 1 is 1.24 bits per heavy atom. The minimum Gasteiger partial charge on any atom is -0.357 e. The van der Waals surface area contributed by atoms with E-state index in [9.17, 15) is 0 Å². The van der Waals surface area contributed by atoms with Gasteiger partial charge < -0.3 is 10.6 Å². The molecule has 4 nitrogen and oxygen atoms in total. The first-order valence-electron chi connectivity index (χ1n) is 7.43. The fourth-order valence-corrected chi connectivity index (χ4v) is 1.82. The van der Waals surface area contributed by atoms with Crippen LogP contribution in [0.4, 0.5) is 0 Å². The molecule has 0 radical (unpaired) electrons. The molecule has 0 fully saturated rings. The molecule has 0 saturated heterocycles. The van der Waals surface area contributed by atoms with Crippen LogP contribution in [-0.4, -0.2) is 24.0 Å². The number of halogens is 1. The fraction of sp³-hybridized carbons (Fsp3) is 0.625. The van der Waals surface area contributed by atoms with Crippen LogP contribution in [0.15, 0.2) is 29.4 Å². The third-order valence-electron chi connectivity index (χ3n) is 2.87. The lowest BCUT2D eigenvalue weighted by molar-refractivity contribution is 0.365. The van der Waals surface area contributed by atoms with E-state index in [2.05, 4.69) is 48.3 Å². The smallest absolute Gasteiger partial charge is 0.191 e. The van der Waals surface area contributed by atoms with Crippen molar-refractivity contribution in [3.8, 4) is 0 Å². The topological polar surface area (TPSA) is 49.3 Å². The maximum Gasteiger partial charge on any atom is 0.191 e. The average molecular weight is 404 g/mol. The van der Waals surface area contributed by atoms with Crippen molar-refractivity contribution in [2.24, 2.45) is 10.4 Å². The maximum atomic E-state index is 4.55. The van der Waals surface area contributed by atoms with E-state index in [0.717, 1.165) is 31.2 Å². The molecule has 0 aromatic carbocycles. The summed E-state index contributed by atoms with van der Waals surface area (Å²) in [5, 5.41) is 6.64. The third-order valence-corrected chi connectivity index (χ3v) is 2.87. The standard InChI is InChI=1S/C16H28N4.HI/c1-5-17-15(19-12-8-10-16(2,3)4)20-13-14-9-6-7-11-18-14;/h6-7,9,11H,5,8,10,12-13H2,1-4H3,(H2,17,19,20);1H. The summed E-state index contributed by atoms with van der Waals surface area (Å²) < 4.78 is 0. The number of nitrogens with one attached hydrogen (secondary N) is 2. The van der Waals surface area contributed by atoms with Gasteiger partial charge in [0.25, 0.3) is 0 Å². The molecule has 0 amide bonds. The highest BCUT2D eigenvalue weighted by molar-refractivity contribution is 14.0. The minimum absolute atomic E-state index is 0. The Morgan fingerprint density at radius 2 is 2.00 bits per heavy atom. The highest BCUT2D eigenvalue weighted by Crippen LogP contribution is 2.19. The number of rotatable bonds is 6. The van der Waals surface area contributed by atoms with Gasteiger partial charge in [0.1, 0.15) is 0 Å². The molecular formula is C16H29IN4. The molecule has 1 aromatic rings. The molecule has 0 saturated carbocycles. The lowest BCUT2D eigenvalue weighted by Crippen LogP contribution is -2.38. The first-order valence-corrected chi connectivity index (χ1v) is 7.43. The van der Waals surface area contributed by atoms with E-state index in [4.69, 9.17) is 0 Å². The zero-order chi connectivity index (χ0) is 14.8. The number of hydrogen-bond donors (Lipinski definition) is 2. The molecule has 2 N–H and O–H groups in total. The Bertz CT molecular complexity index is 398. The van der Waals surface area contributed by atoms with Crippen LogP contribution in [0, 0.1) is 5.41 Å². The van der Waals surface area contributed by atoms with E-state index >= 15 is 0 Å². The van der Waals surface area contributed by atoms with Crippen LogP contribution in [0.25, 0.3) is 0 Å². The summed E-state index contributed by atoms with van der Waals surface area (Å²) in [5.74, 6) is 0.868. The van der Waals surface area contributed by atoms with Gasteiger partial charge in [0.15, 0.2) is 5.96 Å². The van der Waals surface area contributed by atoms with E-state index in [1.165, 1.54) is 6.42 Å². The molecule has 1 rings (SSSR count). The number of hydrogen-bond acceptors (Lipinski definition) is 2. The van der Waals surface area contributed by atoms with Crippen molar-refractivity contribution in [1.29, 1.82) is 0 Å². The SMILES string of the molecule is CCNC(=NCc1ccccn1)NCCCC(C)(C)C.I. The van der Waals surface area contributed by atoms with Gasteiger partial charge in [0.05, 0.1) is 12.2 Å². The van der Waals surface area contributed by atoms with Gasteiger partial charge in [-0.2, -0.15) is 0 Å². The summed E-state index contributed by atoms with van der Waals surface area (Å²) in [5.41, 5.74) is 1.38. The zero-order valence-electron chi connectivity index (χ0n) is 13.6. The second-order valence-electron chi connectivity index (χ2n) is 6.11. The minimum atomic E-state index is 0. The van der Waals surface area contributed by atoms with Crippen molar-refractivity contribution < 1.29 is 0 Å². The first kappa shape index (κ1) is 20.1. The second-order valence-corrected chi connectivity index (χ2v) is 6.11. The van der Waals surface area contributed by atoms with E-state index in [1.807, 2.05) is 18.2 Å². The summed E-state index contributed by atoms with van der Waals surface area (Å²) in [6.07, 6.45) is 4.16. The van der Waals surface area contributed by atoms with E-state index in [1.54, 1.807) is 6.20 Å². The molecule has 0 unspecified atom stereocenters. The fourth-order valence-electron chi connectivity index (χ4n) is 1.82. The number of aromatic nitrogens is 1. The Morgan fingerprint density at radius 3 is 2.57 bits per heavy atom. The molecule has 0 bridgehead atoms. The van der Waals surface area contributed by atoms with E-state index < -0.39 is 0 Å². The van der Waals surface area contributed by atoms with Crippen molar-refractivity contribution in [2.45, 2.75) is 47.1 Å². The molecule has 0 aliphatic carbocycles. The number of aliphatic imine (C=N–C) groups is 1. The van der Waals surface area contributed by atoms with Crippen LogP contribution in [-0.2, 0) is 6.54 Å². The predicted octanol–water partition coefficient (Wildman–Crippen LogP) is 3.58. The van der Waals surface area contributed by atoms with Gasteiger partial charge >= 0.3 is 0 Å². The van der Waals surface area contributed by atoms with Gasteiger partial charge in [-0.3, -0.25) is 4.98 Å². The van der Waals surface area contributed by atoms with Crippen molar-refractivity contribution in [2.75, 3.05) is 13.1 Å². The van der Waals surface area contributed by atoms with Crippen LogP contribution < -0.4 is 10.6 Å². The van der Waals surface area contributed by atoms with E-state index in [-0.39, 0.29) is 24.0 Å². The van der Waals surface area contributed by atoms with Crippen molar-refractivity contribution in [3.63, 3.8) is 0 Å². The van der Waals surface area contributed by atoms with Gasteiger partial charge in [-0.1, -0.05) is 26.8 Å². The monoisotopic (exact) mass is 404 g/mol. The Balaban J connectivity index is 0.00000400. The van der Waals surface area contributed by atoms with Crippen LogP contribution in [0.1, 0.15) is 46.2 Å². The maximum absolute atomic E-state index is 4.55. The zero-order valence-corrected chi connectivity index (χ0v) is 16.0. The largest absolute Gasteiger partial charge is 0.357 e. The summed E-state index contributed by atoms with van der Waals surface area (Å²) in [6, 6.07) is 5.90. The van der Waals surface area contributed by atoms with Crippen LogP contribution in [0.3, 0.4) is 0 Å². The normalized spacial score (nSPS) is 11.7. The van der Waals surface area contributed by atoms with Crippen LogP contribution in [0.5, 0.6) is 0 Å². The molecule has 0 aliphatic rings. The van der Waals surface area contributed by atoms with Gasteiger partial charge in [-0.25, -0.2) is 4.99 Å². The molecule has 21 heavy (non-hydrogen) atoms. The number of guanidine groups is 1. The van der Waals surface area contributed by atoms with Gasteiger partial charge in [0.2, 0.25) is 0 Å². The van der Waals surface area contributed by atoms with Gasteiger partial charge in [-0.05, 0) is 37.3 Å². The lowest BCUT2D eigenvalue weighted by Gasteiger charge is -2.18. The molecule has 0 atom stereocenters. The molecule has 1 aromatic heterocycles. The number of nitrogens with zero attached hydrogens (tertiary/aromatic N) is 2. The Hall–Kier alpha value is -0.850. The molecular weight excluding hydrogens is 375 g/mol. The Kier molecular flexibility index (Phi) is 10.4. The van der Waals surface area contributed by atoms with Crippen LogP contribution in [0.2, 0.25) is 0 Å². The molecule has 0 aliphatic heterocycles. The second kappa shape index (κ2) is 10.8. The molecule has 1 heterocycles. The average Bonchev–Trinajstić information content (AvgIpc) is 2.41. The Labute approximate surface area is 146 Å². The van der Waals surface area contributed by atoms with Crippen molar-refractivity contribution >= 4 is 29.9 Å². The first-order chi connectivity index (χ1) is 9.51. The summed E-state index contributed by atoms with van der Waals surface area (Å²) in [6.45, 7) is 11.3. The van der Waals surface area contributed by atoms with Crippen LogP contribution >= 0.6 is 24.0 Å². The summed E-state index contributed by atoms with van der Waals surface area (Å²) in [4.78, 5) is 8.83. The third kappa shape index (κ3) is 10.5. The summed E-state index contributed by atoms with van der Waals surface area (Å²) >= 11 is 0. The summed E-state index contributed by atoms with van der Waals surface area (Å²) in [7, 11) is 0. The van der Waals surface area contributed by atoms with Crippen molar-refractivity contribution in [3.05, 3.63) is 30.1 Å². The lowest BCUT2D eigenvalue weighted by atomic mass is 9.91. The molecule has 0 spiro atoms. The van der Waals surface area contributed by atoms with Gasteiger partial charge in [-0.15, -0.1) is 24.0 Å². The highest BCUT2D eigenvalue weighted by atomic mass is 127. The van der Waals surface area contributed by atoms with Crippen molar-refractivity contribution in [1.82, 2.24) is 15.6 Å².